The molecule has 2 heterocycles. The van der Waals surface area contributed by atoms with Crippen molar-refractivity contribution in [3.05, 3.63) is 16.1 Å². The summed E-state index contributed by atoms with van der Waals surface area (Å²) in [6.45, 7) is 7.84. The van der Waals surface area contributed by atoms with Crippen LogP contribution in [0.2, 0.25) is 0 Å². The number of rotatable bonds is 4. The van der Waals surface area contributed by atoms with Crippen LogP contribution in [0.1, 0.15) is 62.6 Å². The molecule has 3 nitrogen and oxygen atoms in total. The Morgan fingerprint density at radius 3 is 2.86 bits per heavy atom. The maximum Gasteiger partial charge on any atom is 0.107 e. The monoisotopic (exact) mass is 307 g/mol. The molecule has 0 radical (unpaired) electrons. The minimum Gasteiger partial charge on any atom is -0.311 e. The van der Waals surface area contributed by atoms with Crippen LogP contribution in [-0.4, -0.2) is 34.6 Å². The van der Waals surface area contributed by atoms with Gasteiger partial charge in [-0.05, 0) is 26.2 Å². The Hall–Kier alpha value is -0.450. The molecule has 1 saturated carbocycles. The number of hydrogen-bond donors (Lipinski definition) is 1. The average Bonchev–Trinajstić information content (AvgIpc) is 2.90. The Bertz CT molecular complexity index is 451. The number of thiazole rings is 1. The van der Waals surface area contributed by atoms with E-state index in [9.17, 15) is 0 Å². The van der Waals surface area contributed by atoms with E-state index in [1.54, 1.807) is 0 Å². The molecular formula is C17H29N3S. The maximum absolute atomic E-state index is 4.71. The number of nitrogens with one attached hydrogen (secondary N) is 1. The highest BCUT2D eigenvalue weighted by atomic mass is 32.1. The average molecular weight is 308 g/mol. The Morgan fingerprint density at radius 1 is 1.38 bits per heavy atom. The number of aryl methyl sites for hydroxylation is 1. The fourth-order valence-electron chi connectivity index (χ4n) is 4.09. The molecule has 1 aromatic rings. The molecule has 1 N–H and O–H groups in total. The number of piperazine rings is 1. The van der Waals surface area contributed by atoms with Gasteiger partial charge >= 0.3 is 0 Å². The zero-order valence-corrected chi connectivity index (χ0v) is 14.3. The first-order chi connectivity index (χ1) is 10.2. The summed E-state index contributed by atoms with van der Waals surface area (Å²) in [5.41, 5.74) is 1.58. The molecule has 1 spiro atoms. The topological polar surface area (TPSA) is 28.2 Å². The molecule has 118 valence electrons. The van der Waals surface area contributed by atoms with E-state index in [1.807, 2.05) is 11.3 Å². The van der Waals surface area contributed by atoms with E-state index in [4.69, 9.17) is 4.98 Å². The van der Waals surface area contributed by atoms with E-state index in [1.165, 1.54) is 68.7 Å². The molecule has 0 bridgehead atoms. The van der Waals surface area contributed by atoms with Gasteiger partial charge in [0.15, 0.2) is 0 Å². The van der Waals surface area contributed by atoms with Crippen molar-refractivity contribution in [2.45, 2.75) is 76.9 Å². The molecule has 2 fully saturated rings. The quantitative estimate of drug-likeness (QED) is 0.918. The lowest BCUT2D eigenvalue weighted by molar-refractivity contribution is 0.00183. The van der Waals surface area contributed by atoms with Crippen LogP contribution < -0.4 is 5.32 Å². The van der Waals surface area contributed by atoms with Crippen LogP contribution in [0.5, 0.6) is 0 Å². The van der Waals surface area contributed by atoms with Gasteiger partial charge in [0.25, 0.3) is 0 Å². The Balaban J connectivity index is 1.75. The first-order valence-electron chi connectivity index (χ1n) is 8.61. The molecule has 2 aliphatic rings. The number of nitrogens with zero attached hydrogens (tertiary/aromatic N) is 2. The normalized spacial score (nSPS) is 26.3. The molecule has 1 unspecified atom stereocenters. The predicted molar refractivity (Wildman–Crippen MR) is 89.8 cm³/mol. The second kappa shape index (κ2) is 6.76. The lowest BCUT2D eigenvalue weighted by atomic mass is 9.78. The van der Waals surface area contributed by atoms with Gasteiger partial charge in [0.1, 0.15) is 5.01 Å². The predicted octanol–water partition coefficient (Wildman–Crippen LogP) is 3.73. The Kier molecular flexibility index (Phi) is 4.97. The maximum atomic E-state index is 4.71. The van der Waals surface area contributed by atoms with Crippen molar-refractivity contribution in [3.8, 4) is 0 Å². The lowest BCUT2D eigenvalue weighted by Gasteiger charge is -2.52. The zero-order chi connectivity index (χ0) is 14.7. The molecular weight excluding hydrogens is 278 g/mol. The second-order valence-corrected chi connectivity index (χ2v) is 7.86. The molecule has 1 aliphatic heterocycles. The van der Waals surface area contributed by atoms with Gasteiger partial charge in [-0.1, -0.05) is 32.6 Å². The van der Waals surface area contributed by atoms with Crippen LogP contribution in [0.15, 0.2) is 5.38 Å². The van der Waals surface area contributed by atoms with Crippen molar-refractivity contribution < 1.29 is 0 Å². The van der Waals surface area contributed by atoms with Crippen molar-refractivity contribution in [2.75, 3.05) is 13.1 Å². The van der Waals surface area contributed by atoms with E-state index < -0.39 is 0 Å². The summed E-state index contributed by atoms with van der Waals surface area (Å²) in [6, 6.07) is 0.670. The first kappa shape index (κ1) is 15.4. The summed E-state index contributed by atoms with van der Waals surface area (Å²) in [7, 11) is 0. The lowest BCUT2D eigenvalue weighted by Crippen LogP contribution is -2.64. The van der Waals surface area contributed by atoms with Crippen LogP contribution in [0.3, 0.4) is 0 Å². The molecule has 3 rings (SSSR count). The van der Waals surface area contributed by atoms with Gasteiger partial charge in [-0.3, -0.25) is 4.90 Å². The van der Waals surface area contributed by atoms with Crippen LogP contribution in [-0.2, 0) is 6.54 Å². The van der Waals surface area contributed by atoms with E-state index in [0.29, 0.717) is 11.6 Å². The van der Waals surface area contributed by atoms with Gasteiger partial charge in [0.05, 0.1) is 6.54 Å². The van der Waals surface area contributed by atoms with Crippen molar-refractivity contribution in [1.82, 2.24) is 15.2 Å². The largest absolute Gasteiger partial charge is 0.311 e. The zero-order valence-electron chi connectivity index (χ0n) is 13.5. The number of hydrogen-bond acceptors (Lipinski definition) is 4. The molecule has 0 aromatic carbocycles. The summed E-state index contributed by atoms with van der Waals surface area (Å²) >= 11 is 1.83. The summed E-state index contributed by atoms with van der Waals surface area (Å²) in [5.74, 6) is 0. The molecule has 0 amide bonds. The van der Waals surface area contributed by atoms with Crippen LogP contribution >= 0.6 is 11.3 Å². The fourth-order valence-corrected chi connectivity index (χ4v) is 4.87. The Labute approximate surface area is 133 Å². The standard InChI is InChI=1S/C17H29N3S/c1-3-7-15-10-20(11-16-19-14(2)12-21-16)17(13-18-15)8-5-4-6-9-17/h12,15,18H,3-11,13H2,1-2H3. The molecule has 1 saturated heterocycles. The van der Waals surface area contributed by atoms with Crippen molar-refractivity contribution >= 4 is 11.3 Å². The molecule has 1 atom stereocenters. The Morgan fingerprint density at radius 2 is 2.19 bits per heavy atom. The third kappa shape index (κ3) is 3.49. The molecule has 4 heteroatoms. The SMILES string of the molecule is CCCC1CN(Cc2nc(C)cs2)C2(CCCCC2)CN1. The van der Waals surface area contributed by atoms with E-state index in [2.05, 4.69) is 29.4 Å². The van der Waals surface area contributed by atoms with Crippen molar-refractivity contribution in [3.63, 3.8) is 0 Å². The van der Waals surface area contributed by atoms with Gasteiger partial charge < -0.3 is 5.32 Å². The molecule has 21 heavy (non-hydrogen) atoms. The summed E-state index contributed by atoms with van der Waals surface area (Å²) in [4.78, 5) is 7.49. The van der Waals surface area contributed by atoms with Gasteiger partial charge in [0, 0.05) is 35.7 Å². The summed E-state index contributed by atoms with van der Waals surface area (Å²) in [6.07, 6.45) is 9.51. The first-order valence-corrected chi connectivity index (χ1v) is 9.49. The highest BCUT2D eigenvalue weighted by molar-refractivity contribution is 7.09. The van der Waals surface area contributed by atoms with E-state index in [-0.39, 0.29) is 0 Å². The molecule has 1 aromatic heterocycles. The minimum atomic E-state index is 0.405. The van der Waals surface area contributed by atoms with Gasteiger partial charge in [-0.25, -0.2) is 4.98 Å². The summed E-state index contributed by atoms with van der Waals surface area (Å²) < 4.78 is 0. The highest BCUT2D eigenvalue weighted by Crippen LogP contribution is 2.37. The smallest absolute Gasteiger partial charge is 0.107 e. The van der Waals surface area contributed by atoms with Crippen LogP contribution in [0.4, 0.5) is 0 Å². The summed E-state index contributed by atoms with van der Waals surface area (Å²) in [5, 5.41) is 7.33. The molecule has 1 aliphatic carbocycles. The van der Waals surface area contributed by atoms with Crippen LogP contribution in [0, 0.1) is 6.92 Å². The van der Waals surface area contributed by atoms with Gasteiger partial charge in [-0.15, -0.1) is 11.3 Å². The fraction of sp³-hybridized carbons (Fsp3) is 0.824. The highest BCUT2D eigenvalue weighted by Gasteiger charge is 2.42. The third-order valence-electron chi connectivity index (χ3n) is 5.25. The third-order valence-corrected chi connectivity index (χ3v) is 6.20. The van der Waals surface area contributed by atoms with Crippen molar-refractivity contribution in [1.29, 1.82) is 0 Å². The van der Waals surface area contributed by atoms with Gasteiger partial charge in [0.2, 0.25) is 0 Å². The second-order valence-electron chi connectivity index (χ2n) is 6.91. The van der Waals surface area contributed by atoms with E-state index in [0.717, 1.165) is 6.54 Å². The minimum absolute atomic E-state index is 0.405. The number of aromatic nitrogens is 1. The van der Waals surface area contributed by atoms with E-state index >= 15 is 0 Å². The van der Waals surface area contributed by atoms with Crippen LogP contribution in [0.25, 0.3) is 0 Å². The van der Waals surface area contributed by atoms with Gasteiger partial charge in [-0.2, -0.15) is 0 Å². The van der Waals surface area contributed by atoms with Crippen molar-refractivity contribution in [2.24, 2.45) is 0 Å².